The zero-order valence-corrected chi connectivity index (χ0v) is 19.6. The van der Waals surface area contributed by atoms with Crippen LogP contribution in [0.15, 0.2) is 30.3 Å². The van der Waals surface area contributed by atoms with Crippen molar-refractivity contribution in [3.63, 3.8) is 0 Å². The van der Waals surface area contributed by atoms with Gasteiger partial charge in [0, 0.05) is 20.8 Å². The van der Waals surface area contributed by atoms with E-state index < -0.39 is 17.5 Å². The smallest absolute Gasteiger partial charge is 0.320 e. The van der Waals surface area contributed by atoms with Crippen molar-refractivity contribution in [2.24, 2.45) is 0 Å². The highest BCUT2D eigenvalue weighted by Crippen LogP contribution is 2.39. The number of benzene rings is 1. The summed E-state index contributed by atoms with van der Waals surface area (Å²) in [5.74, 6) is 0. The molecule has 0 saturated heterocycles. The van der Waals surface area contributed by atoms with Crippen LogP contribution in [0.3, 0.4) is 0 Å². The van der Waals surface area contributed by atoms with E-state index in [1.165, 1.54) is 31.4 Å². The molecule has 0 atom stereocenters. The Balaban J connectivity index is 2.63. The number of hydrogen-bond donors (Lipinski definition) is 0. The molecule has 5 heteroatoms. The van der Waals surface area contributed by atoms with Gasteiger partial charge in [0.15, 0.2) is 0 Å². The zero-order valence-electron chi connectivity index (χ0n) is 17.5. The van der Waals surface area contributed by atoms with Crippen molar-refractivity contribution in [2.75, 3.05) is 20.8 Å². The average molecular weight is 382 g/mol. The predicted octanol–water partition coefficient (Wildman–Crippen LogP) is 5.18. The van der Waals surface area contributed by atoms with Crippen LogP contribution >= 0.6 is 0 Å². The molecule has 0 heterocycles. The lowest BCUT2D eigenvalue weighted by atomic mass is 10.2. The van der Waals surface area contributed by atoms with E-state index in [0.717, 1.165) is 12.6 Å². The number of hydrogen-bond acceptors (Lipinski definition) is 3. The summed E-state index contributed by atoms with van der Waals surface area (Å²) in [5, 5.41) is 0.367. The van der Waals surface area contributed by atoms with Crippen molar-refractivity contribution >= 4 is 17.5 Å². The molecule has 0 aromatic heterocycles. The molecular formula is C20H39NO2Si2. The summed E-state index contributed by atoms with van der Waals surface area (Å²) in [5.41, 5.74) is 1.43. The van der Waals surface area contributed by atoms with E-state index in [2.05, 4.69) is 68.8 Å². The van der Waals surface area contributed by atoms with Gasteiger partial charge in [0.1, 0.15) is 8.24 Å². The lowest BCUT2D eigenvalue weighted by molar-refractivity contribution is 0.275. The molecule has 1 rings (SSSR count). The van der Waals surface area contributed by atoms with Crippen molar-refractivity contribution in [1.29, 1.82) is 0 Å². The highest BCUT2D eigenvalue weighted by Gasteiger charge is 2.40. The molecule has 0 unspecified atom stereocenters. The second-order valence-corrected chi connectivity index (χ2v) is 16.1. The Morgan fingerprint density at radius 2 is 1.56 bits per heavy atom. The van der Waals surface area contributed by atoms with Gasteiger partial charge in [0.25, 0.3) is 0 Å². The van der Waals surface area contributed by atoms with E-state index in [0.29, 0.717) is 5.04 Å². The summed E-state index contributed by atoms with van der Waals surface area (Å²) in [6.07, 6.45) is 3.74. The van der Waals surface area contributed by atoms with E-state index in [-0.39, 0.29) is 0 Å². The average Bonchev–Trinajstić information content (AvgIpc) is 2.57. The van der Waals surface area contributed by atoms with Gasteiger partial charge in [-0.15, -0.1) is 0 Å². The normalized spacial score (nSPS) is 13.0. The molecule has 0 bridgehead atoms. The molecule has 0 amide bonds. The third-order valence-electron chi connectivity index (χ3n) is 5.74. The van der Waals surface area contributed by atoms with Crippen LogP contribution in [0.5, 0.6) is 0 Å². The van der Waals surface area contributed by atoms with Crippen molar-refractivity contribution < 1.29 is 8.85 Å². The van der Waals surface area contributed by atoms with Crippen molar-refractivity contribution in [1.82, 2.24) is 4.57 Å². The fraction of sp³-hybridized carbons (Fsp3) is 0.700. The maximum absolute atomic E-state index is 5.42. The van der Waals surface area contributed by atoms with Crippen LogP contribution in [-0.4, -0.2) is 42.8 Å². The summed E-state index contributed by atoms with van der Waals surface area (Å²) in [6.45, 7) is 14.5. The van der Waals surface area contributed by atoms with E-state index in [9.17, 15) is 0 Å². The molecule has 3 nitrogen and oxygen atoms in total. The predicted molar refractivity (Wildman–Crippen MR) is 114 cm³/mol. The first-order valence-electron chi connectivity index (χ1n) is 9.57. The fourth-order valence-electron chi connectivity index (χ4n) is 2.96. The summed E-state index contributed by atoms with van der Waals surface area (Å²) in [7, 11) is 0.653. The minimum absolute atomic E-state index is 0.367. The molecule has 1 aromatic rings. The van der Waals surface area contributed by atoms with Gasteiger partial charge in [-0.05, 0) is 29.6 Å². The molecule has 144 valence electrons. The van der Waals surface area contributed by atoms with Gasteiger partial charge in [-0.25, -0.2) is 0 Å². The Bertz CT molecular complexity index is 470. The second-order valence-electron chi connectivity index (χ2n) is 8.47. The van der Waals surface area contributed by atoms with Gasteiger partial charge in [-0.1, -0.05) is 77.0 Å². The Morgan fingerprint density at radius 3 is 2.08 bits per heavy atom. The van der Waals surface area contributed by atoms with Gasteiger partial charge in [-0.2, -0.15) is 0 Å². The van der Waals surface area contributed by atoms with E-state index >= 15 is 0 Å². The van der Waals surface area contributed by atoms with Crippen LogP contribution in [0.4, 0.5) is 0 Å². The monoisotopic (exact) mass is 381 g/mol. The summed E-state index contributed by atoms with van der Waals surface area (Å²) in [6, 6.07) is 12.0. The standard InChI is InChI=1S/C20H39NO2Si2/c1-20(2,3)25(6,7)21(18-19-14-10-8-11-15-19)16-12-9-13-17-24(22-4)23-5/h8,10-11,14-15,24H,9,12-13,16-18H2,1-7H3. The molecular weight excluding hydrogens is 342 g/mol. The highest BCUT2D eigenvalue weighted by atomic mass is 28.3. The van der Waals surface area contributed by atoms with Crippen molar-refractivity contribution in [3.05, 3.63) is 35.9 Å². The van der Waals surface area contributed by atoms with Crippen LogP contribution in [0, 0.1) is 0 Å². The fourth-order valence-corrected chi connectivity index (χ4v) is 6.49. The first-order chi connectivity index (χ1) is 11.7. The summed E-state index contributed by atoms with van der Waals surface area (Å²) < 4.78 is 13.6. The zero-order chi connectivity index (χ0) is 18.9. The minimum Gasteiger partial charge on any atom is -0.400 e. The number of rotatable bonds is 11. The molecule has 0 saturated carbocycles. The molecule has 1 aromatic carbocycles. The number of nitrogens with zero attached hydrogens (tertiary/aromatic N) is 1. The molecule has 0 aliphatic heterocycles. The third-order valence-corrected chi connectivity index (χ3v) is 13.3. The van der Waals surface area contributed by atoms with Crippen LogP contribution in [0.1, 0.15) is 45.6 Å². The molecule has 0 fully saturated rings. The number of unbranched alkanes of at least 4 members (excludes halogenated alkanes) is 2. The molecule has 0 radical (unpaired) electrons. The molecule has 0 spiro atoms. The van der Waals surface area contributed by atoms with E-state index in [4.69, 9.17) is 8.85 Å². The largest absolute Gasteiger partial charge is 0.400 e. The van der Waals surface area contributed by atoms with Gasteiger partial charge < -0.3 is 13.4 Å². The van der Waals surface area contributed by atoms with Crippen LogP contribution in [0.25, 0.3) is 0 Å². The van der Waals surface area contributed by atoms with Crippen LogP contribution in [-0.2, 0) is 15.4 Å². The topological polar surface area (TPSA) is 21.7 Å². The minimum atomic E-state index is -1.52. The van der Waals surface area contributed by atoms with Gasteiger partial charge >= 0.3 is 9.28 Å². The first kappa shape index (κ1) is 22.6. The molecule has 0 aliphatic carbocycles. The van der Waals surface area contributed by atoms with E-state index in [1.54, 1.807) is 14.2 Å². The van der Waals surface area contributed by atoms with E-state index in [1.807, 2.05) is 0 Å². The summed E-state index contributed by atoms with van der Waals surface area (Å²) >= 11 is 0. The Morgan fingerprint density at radius 1 is 0.960 bits per heavy atom. The molecule has 0 N–H and O–H groups in total. The first-order valence-corrected chi connectivity index (χ1v) is 14.3. The lowest BCUT2D eigenvalue weighted by Gasteiger charge is -2.46. The molecule has 25 heavy (non-hydrogen) atoms. The van der Waals surface area contributed by atoms with Gasteiger partial charge in [0.05, 0.1) is 0 Å². The maximum Gasteiger partial charge on any atom is 0.320 e. The SMILES string of the molecule is CO[SiH](CCCCCN(Cc1ccccc1)[Si](C)(C)C(C)(C)C)OC. The van der Waals surface area contributed by atoms with Gasteiger partial charge in [-0.3, -0.25) is 0 Å². The van der Waals surface area contributed by atoms with Crippen LogP contribution < -0.4 is 0 Å². The highest BCUT2D eigenvalue weighted by molar-refractivity contribution is 6.77. The lowest BCUT2D eigenvalue weighted by Crippen LogP contribution is -2.54. The van der Waals surface area contributed by atoms with Crippen molar-refractivity contribution in [3.8, 4) is 0 Å². The second kappa shape index (κ2) is 10.6. The quantitative estimate of drug-likeness (QED) is 0.389. The van der Waals surface area contributed by atoms with Gasteiger partial charge in [0.2, 0.25) is 0 Å². The summed E-state index contributed by atoms with van der Waals surface area (Å²) in [4.78, 5) is 0. The van der Waals surface area contributed by atoms with Crippen molar-refractivity contribution in [2.45, 2.75) is 70.8 Å². The maximum atomic E-state index is 5.42. The molecule has 0 aliphatic rings. The Hall–Kier alpha value is -0.466. The Kier molecular flexibility index (Phi) is 9.60. The third kappa shape index (κ3) is 7.35. The van der Waals surface area contributed by atoms with Crippen LogP contribution in [0.2, 0.25) is 24.2 Å². The Labute approximate surface area is 158 Å².